The lowest BCUT2D eigenvalue weighted by Crippen LogP contribution is -2.04. The Morgan fingerprint density at radius 1 is 1.58 bits per heavy atom. The van der Waals surface area contributed by atoms with E-state index in [1.807, 2.05) is 12.1 Å². The first-order valence-corrected chi connectivity index (χ1v) is 4.20. The predicted molar refractivity (Wildman–Crippen MR) is 46.2 cm³/mol. The molecule has 1 aliphatic rings. The predicted octanol–water partition coefficient (Wildman–Crippen LogP) is 1.77. The van der Waals surface area contributed by atoms with Crippen LogP contribution in [0.2, 0.25) is 5.02 Å². The van der Waals surface area contributed by atoms with Gasteiger partial charge < -0.3 is 9.84 Å². The van der Waals surface area contributed by atoms with E-state index >= 15 is 0 Å². The smallest absolute Gasteiger partial charge is 0.111 e. The molecule has 3 heteroatoms. The van der Waals surface area contributed by atoms with Gasteiger partial charge in [-0.3, -0.25) is 0 Å². The van der Waals surface area contributed by atoms with Crippen molar-refractivity contribution in [2.75, 3.05) is 6.61 Å². The first-order valence-electron chi connectivity index (χ1n) is 3.82. The molecule has 2 unspecified atom stereocenters. The molecule has 0 spiro atoms. The maximum Gasteiger partial charge on any atom is 0.111 e. The van der Waals surface area contributed by atoms with Crippen LogP contribution in [0.3, 0.4) is 0 Å². The van der Waals surface area contributed by atoms with E-state index in [0.717, 1.165) is 5.56 Å². The van der Waals surface area contributed by atoms with E-state index < -0.39 is 6.10 Å². The van der Waals surface area contributed by atoms with Crippen molar-refractivity contribution in [3.63, 3.8) is 0 Å². The Morgan fingerprint density at radius 2 is 2.33 bits per heavy atom. The molecule has 0 radical (unpaired) electrons. The van der Waals surface area contributed by atoms with Crippen LogP contribution in [-0.2, 0) is 4.74 Å². The van der Waals surface area contributed by atoms with Crippen molar-refractivity contribution in [2.45, 2.75) is 12.2 Å². The maximum atomic E-state index is 9.60. The Morgan fingerprint density at radius 3 is 2.92 bits per heavy atom. The van der Waals surface area contributed by atoms with E-state index in [9.17, 15) is 5.11 Å². The molecular formula is C9H9ClO2. The first kappa shape index (κ1) is 8.05. The van der Waals surface area contributed by atoms with E-state index in [-0.39, 0.29) is 6.10 Å². The molecule has 0 aromatic heterocycles. The van der Waals surface area contributed by atoms with E-state index in [1.54, 1.807) is 12.1 Å². The summed E-state index contributed by atoms with van der Waals surface area (Å²) in [6, 6.07) is 7.21. The Hall–Kier alpha value is -0.570. The van der Waals surface area contributed by atoms with Crippen LogP contribution in [0.15, 0.2) is 24.3 Å². The summed E-state index contributed by atoms with van der Waals surface area (Å²) in [4.78, 5) is 0. The number of rotatable bonds is 2. The summed E-state index contributed by atoms with van der Waals surface area (Å²) in [5.41, 5.74) is 0.824. The van der Waals surface area contributed by atoms with Crippen LogP contribution < -0.4 is 0 Å². The highest BCUT2D eigenvalue weighted by molar-refractivity contribution is 6.30. The van der Waals surface area contributed by atoms with Gasteiger partial charge in [0, 0.05) is 5.02 Å². The van der Waals surface area contributed by atoms with Gasteiger partial charge in [0.05, 0.1) is 6.61 Å². The van der Waals surface area contributed by atoms with E-state index in [0.29, 0.717) is 11.6 Å². The average molecular weight is 185 g/mol. The van der Waals surface area contributed by atoms with Gasteiger partial charge >= 0.3 is 0 Å². The van der Waals surface area contributed by atoms with Gasteiger partial charge in [0.15, 0.2) is 0 Å². The number of benzene rings is 1. The Labute approximate surface area is 75.7 Å². The van der Waals surface area contributed by atoms with Crippen molar-refractivity contribution in [3.8, 4) is 0 Å². The lowest BCUT2D eigenvalue weighted by molar-refractivity contribution is 0.137. The molecule has 1 aromatic rings. The second-order valence-corrected chi connectivity index (χ2v) is 3.31. The minimum Gasteiger partial charge on any atom is -0.386 e. The van der Waals surface area contributed by atoms with Crippen LogP contribution >= 0.6 is 11.6 Å². The van der Waals surface area contributed by atoms with Gasteiger partial charge in [-0.15, -0.1) is 0 Å². The van der Waals surface area contributed by atoms with Crippen LogP contribution in [0.5, 0.6) is 0 Å². The molecule has 2 nitrogen and oxygen atoms in total. The van der Waals surface area contributed by atoms with Gasteiger partial charge in [-0.05, 0) is 17.7 Å². The summed E-state index contributed by atoms with van der Waals surface area (Å²) in [6.07, 6.45) is -0.549. The molecule has 64 valence electrons. The number of aliphatic hydroxyl groups is 1. The Kier molecular flexibility index (Phi) is 2.05. The zero-order valence-electron chi connectivity index (χ0n) is 6.40. The lowest BCUT2D eigenvalue weighted by Gasteiger charge is -2.06. The van der Waals surface area contributed by atoms with Gasteiger partial charge in [-0.1, -0.05) is 23.7 Å². The molecule has 1 aromatic carbocycles. The SMILES string of the molecule is OC(c1cccc(Cl)c1)C1CO1. The number of ether oxygens (including phenoxy) is 1. The topological polar surface area (TPSA) is 32.8 Å². The number of halogens is 1. The van der Waals surface area contributed by atoms with Crippen molar-refractivity contribution in [2.24, 2.45) is 0 Å². The highest BCUT2D eigenvalue weighted by atomic mass is 35.5. The fourth-order valence-corrected chi connectivity index (χ4v) is 1.34. The zero-order chi connectivity index (χ0) is 8.55. The maximum absolute atomic E-state index is 9.60. The molecule has 0 saturated carbocycles. The summed E-state index contributed by atoms with van der Waals surface area (Å²) in [7, 11) is 0. The van der Waals surface area contributed by atoms with Gasteiger partial charge in [-0.2, -0.15) is 0 Å². The third-order valence-electron chi connectivity index (χ3n) is 1.90. The normalized spacial score (nSPS) is 23.7. The molecule has 12 heavy (non-hydrogen) atoms. The number of aliphatic hydroxyl groups excluding tert-OH is 1. The van der Waals surface area contributed by atoms with Gasteiger partial charge in [0.1, 0.15) is 12.2 Å². The second kappa shape index (κ2) is 3.05. The number of epoxide rings is 1. The molecule has 1 saturated heterocycles. The van der Waals surface area contributed by atoms with Gasteiger partial charge in [0.25, 0.3) is 0 Å². The first-order chi connectivity index (χ1) is 5.77. The largest absolute Gasteiger partial charge is 0.386 e. The summed E-state index contributed by atoms with van der Waals surface area (Å²) < 4.78 is 4.97. The van der Waals surface area contributed by atoms with E-state index in [4.69, 9.17) is 16.3 Å². The molecule has 2 atom stereocenters. The zero-order valence-corrected chi connectivity index (χ0v) is 7.16. The third kappa shape index (κ3) is 1.61. The van der Waals surface area contributed by atoms with Crippen molar-refractivity contribution >= 4 is 11.6 Å². The summed E-state index contributed by atoms with van der Waals surface area (Å²) >= 11 is 5.76. The monoisotopic (exact) mass is 184 g/mol. The van der Waals surface area contributed by atoms with Crippen LogP contribution in [0.25, 0.3) is 0 Å². The quantitative estimate of drug-likeness (QED) is 0.711. The molecule has 0 bridgehead atoms. The Bertz CT molecular complexity index is 284. The summed E-state index contributed by atoms with van der Waals surface area (Å²) in [6.45, 7) is 0.647. The molecule has 1 N–H and O–H groups in total. The molecule has 1 aliphatic heterocycles. The molecule has 0 aliphatic carbocycles. The van der Waals surface area contributed by atoms with Crippen molar-refractivity contribution in [1.29, 1.82) is 0 Å². The minimum absolute atomic E-state index is 0.0246. The highest BCUT2D eigenvalue weighted by Gasteiger charge is 2.32. The summed E-state index contributed by atoms with van der Waals surface area (Å²) in [5, 5.41) is 10.2. The van der Waals surface area contributed by atoms with Crippen LogP contribution in [0.1, 0.15) is 11.7 Å². The minimum atomic E-state index is -0.524. The van der Waals surface area contributed by atoms with Crippen LogP contribution in [-0.4, -0.2) is 17.8 Å². The third-order valence-corrected chi connectivity index (χ3v) is 2.14. The lowest BCUT2D eigenvalue weighted by atomic mass is 10.1. The van der Waals surface area contributed by atoms with E-state index in [2.05, 4.69) is 0 Å². The number of hydrogen-bond acceptors (Lipinski definition) is 2. The molecule has 0 amide bonds. The van der Waals surface area contributed by atoms with E-state index in [1.165, 1.54) is 0 Å². The molecule has 1 heterocycles. The van der Waals surface area contributed by atoms with Gasteiger partial charge in [0.2, 0.25) is 0 Å². The van der Waals surface area contributed by atoms with Crippen molar-refractivity contribution < 1.29 is 9.84 Å². The van der Waals surface area contributed by atoms with Crippen LogP contribution in [0.4, 0.5) is 0 Å². The van der Waals surface area contributed by atoms with Gasteiger partial charge in [-0.25, -0.2) is 0 Å². The molecule has 1 fully saturated rings. The summed E-state index contributed by atoms with van der Waals surface area (Å²) in [5.74, 6) is 0. The fourth-order valence-electron chi connectivity index (χ4n) is 1.14. The highest BCUT2D eigenvalue weighted by Crippen LogP contribution is 2.28. The standard InChI is InChI=1S/C9H9ClO2/c10-7-3-1-2-6(4-7)9(11)8-5-12-8/h1-4,8-9,11H,5H2. The second-order valence-electron chi connectivity index (χ2n) is 2.87. The average Bonchev–Trinajstić information content (AvgIpc) is 2.85. The van der Waals surface area contributed by atoms with Crippen molar-refractivity contribution in [3.05, 3.63) is 34.9 Å². The molecular weight excluding hydrogens is 176 g/mol. The van der Waals surface area contributed by atoms with Crippen molar-refractivity contribution in [1.82, 2.24) is 0 Å². The fraction of sp³-hybridized carbons (Fsp3) is 0.333. The Balaban J connectivity index is 2.20. The molecule has 2 rings (SSSR count). The number of hydrogen-bond donors (Lipinski definition) is 1. The van der Waals surface area contributed by atoms with Crippen LogP contribution in [0, 0.1) is 0 Å².